The molecule has 0 aliphatic carbocycles. The molecule has 0 saturated carbocycles. The van der Waals surface area contributed by atoms with Gasteiger partial charge in [-0.3, -0.25) is 4.79 Å². The maximum absolute atomic E-state index is 11.4. The number of carboxylic acid groups (broad SMARTS) is 1. The van der Waals surface area contributed by atoms with E-state index in [0.29, 0.717) is 26.2 Å². The van der Waals surface area contributed by atoms with Gasteiger partial charge in [-0.15, -0.1) is 0 Å². The lowest BCUT2D eigenvalue weighted by molar-refractivity contribution is -0.137. The number of carbonyl (C=O) groups is 2. The summed E-state index contributed by atoms with van der Waals surface area (Å²) in [5.41, 5.74) is 0. The molecule has 0 saturated heterocycles. The van der Waals surface area contributed by atoms with Crippen molar-refractivity contribution in [1.82, 2.24) is 10.6 Å². The van der Waals surface area contributed by atoms with E-state index in [4.69, 9.17) is 9.84 Å². The molecule has 6 nitrogen and oxygen atoms in total. The Balaban J connectivity index is 3.82. The van der Waals surface area contributed by atoms with E-state index in [9.17, 15) is 9.59 Å². The smallest absolute Gasteiger partial charge is 0.315 e. The quantitative estimate of drug-likeness (QED) is 0.529. The van der Waals surface area contributed by atoms with Gasteiger partial charge in [-0.05, 0) is 13.3 Å². The van der Waals surface area contributed by atoms with Gasteiger partial charge in [0.05, 0.1) is 13.0 Å². The fraction of sp³-hybridized carbons (Fsp3) is 0.818. The maximum Gasteiger partial charge on any atom is 0.315 e. The van der Waals surface area contributed by atoms with Crippen molar-refractivity contribution in [3.8, 4) is 0 Å². The summed E-state index contributed by atoms with van der Waals surface area (Å²) in [7, 11) is 0. The highest BCUT2D eigenvalue weighted by atomic mass is 16.5. The standard InChI is InChI=1S/C11H22N2O4/c1-3-5-9(8-10(14)15)13-11(16)12-6-7-17-4-2/h9H,3-8H2,1-2H3,(H,14,15)(H2,12,13,16). The summed E-state index contributed by atoms with van der Waals surface area (Å²) in [5, 5.41) is 13.9. The van der Waals surface area contributed by atoms with Crippen LogP contribution in [0.2, 0.25) is 0 Å². The number of carbonyl (C=O) groups excluding carboxylic acids is 1. The van der Waals surface area contributed by atoms with E-state index in [1.54, 1.807) is 0 Å². The predicted molar refractivity (Wildman–Crippen MR) is 64.0 cm³/mol. The highest BCUT2D eigenvalue weighted by molar-refractivity contribution is 5.75. The van der Waals surface area contributed by atoms with Crippen molar-refractivity contribution in [2.75, 3.05) is 19.8 Å². The first-order valence-corrected chi connectivity index (χ1v) is 5.94. The molecule has 3 N–H and O–H groups in total. The van der Waals surface area contributed by atoms with Crippen LogP contribution in [0, 0.1) is 0 Å². The Bertz CT molecular complexity index is 234. The molecule has 0 aromatic rings. The van der Waals surface area contributed by atoms with Gasteiger partial charge in [-0.2, -0.15) is 0 Å². The normalized spacial score (nSPS) is 11.9. The summed E-state index contributed by atoms with van der Waals surface area (Å²) in [6.07, 6.45) is 1.44. The molecule has 0 bridgehead atoms. The zero-order chi connectivity index (χ0) is 13.1. The van der Waals surface area contributed by atoms with E-state index in [1.807, 2.05) is 13.8 Å². The van der Waals surface area contributed by atoms with Gasteiger partial charge in [0, 0.05) is 19.2 Å². The number of urea groups is 1. The first kappa shape index (κ1) is 15.7. The lowest BCUT2D eigenvalue weighted by Crippen LogP contribution is -2.44. The van der Waals surface area contributed by atoms with Gasteiger partial charge < -0.3 is 20.5 Å². The monoisotopic (exact) mass is 246 g/mol. The third-order valence-electron chi connectivity index (χ3n) is 2.13. The fourth-order valence-electron chi connectivity index (χ4n) is 1.40. The average Bonchev–Trinajstić information content (AvgIpc) is 2.24. The first-order valence-electron chi connectivity index (χ1n) is 5.94. The molecule has 0 aliphatic rings. The molecule has 0 heterocycles. The van der Waals surface area contributed by atoms with Crippen LogP contribution < -0.4 is 10.6 Å². The maximum atomic E-state index is 11.4. The van der Waals surface area contributed by atoms with Gasteiger partial charge in [0.15, 0.2) is 0 Å². The van der Waals surface area contributed by atoms with E-state index >= 15 is 0 Å². The van der Waals surface area contributed by atoms with Crippen LogP contribution in [0.1, 0.15) is 33.1 Å². The summed E-state index contributed by atoms with van der Waals surface area (Å²) >= 11 is 0. The second-order valence-electron chi connectivity index (χ2n) is 3.68. The highest BCUT2D eigenvalue weighted by Gasteiger charge is 2.14. The molecule has 2 amide bonds. The van der Waals surface area contributed by atoms with Gasteiger partial charge in [0.1, 0.15) is 0 Å². The van der Waals surface area contributed by atoms with Crippen molar-refractivity contribution in [3.63, 3.8) is 0 Å². The molecule has 0 aromatic heterocycles. The van der Waals surface area contributed by atoms with Crippen molar-refractivity contribution in [1.29, 1.82) is 0 Å². The minimum absolute atomic E-state index is 0.0489. The number of ether oxygens (including phenoxy) is 1. The Labute approximate surface area is 102 Å². The van der Waals surface area contributed by atoms with Crippen LogP contribution in [-0.4, -0.2) is 42.9 Å². The fourth-order valence-corrected chi connectivity index (χ4v) is 1.40. The van der Waals surface area contributed by atoms with E-state index < -0.39 is 5.97 Å². The molecule has 1 unspecified atom stereocenters. The van der Waals surface area contributed by atoms with Crippen molar-refractivity contribution in [2.45, 2.75) is 39.2 Å². The Kier molecular flexibility index (Phi) is 9.14. The average molecular weight is 246 g/mol. The lowest BCUT2D eigenvalue weighted by atomic mass is 10.1. The number of amides is 2. The van der Waals surface area contributed by atoms with Crippen molar-refractivity contribution in [2.24, 2.45) is 0 Å². The molecule has 0 rings (SSSR count). The second-order valence-corrected chi connectivity index (χ2v) is 3.68. The van der Waals surface area contributed by atoms with Gasteiger partial charge >= 0.3 is 12.0 Å². The summed E-state index contributed by atoms with van der Waals surface area (Å²) < 4.78 is 5.06. The van der Waals surface area contributed by atoms with E-state index in [0.717, 1.165) is 6.42 Å². The molecule has 17 heavy (non-hydrogen) atoms. The van der Waals surface area contributed by atoms with E-state index in [1.165, 1.54) is 0 Å². The summed E-state index contributed by atoms with van der Waals surface area (Å²) in [6, 6.07) is -0.658. The van der Waals surface area contributed by atoms with Crippen LogP contribution >= 0.6 is 0 Å². The number of nitrogens with one attached hydrogen (secondary N) is 2. The summed E-state index contributed by atoms with van der Waals surface area (Å²) in [6.45, 7) is 5.32. The van der Waals surface area contributed by atoms with Gasteiger partial charge in [0.2, 0.25) is 0 Å². The zero-order valence-electron chi connectivity index (χ0n) is 10.5. The largest absolute Gasteiger partial charge is 0.481 e. The Morgan fingerprint density at radius 3 is 2.59 bits per heavy atom. The first-order chi connectivity index (χ1) is 8.10. The van der Waals surface area contributed by atoms with Crippen molar-refractivity contribution >= 4 is 12.0 Å². The molecule has 100 valence electrons. The number of carboxylic acids is 1. The Morgan fingerprint density at radius 2 is 2.06 bits per heavy atom. The van der Waals surface area contributed by atoms with Gasteiger partial charge in [-0.1, -0.05) is 13.3 Å². The van der Waals surface area contributed by atoms with Crippen LogP contribution in [0.15, 0.2) is 0 Å². The molecule has 0 aliphatic heterocycles. The molecule has 0 radical (unpaired) electrons. The van der Waals surface area contributed by atoms with E-state index in [2.05, 4.69) is 10.6 Å². The minimum atomic E-state index is -0.905. The van der Waals surface area contributed by atoms with Crippen molar-refractivity contribution < 1.29 is 19.4 Å². The van der Waals surface area contributed by atoms with Crippen LogP contribution in [-0.2, 0) is 9.53 Å². The highest BCUT2D eigenvalue weighted by Crippen LogP contribution is 2.01. The topological polar surface area (TPSA) is 87.7 Å². The van der Waals surface area contributed by atoms with E-state index in [-0.39, 0.29) is 18.5 Å². The Hall–Kier alpha value is -1.30. The third kappa shape index (κ3) is 9.62. The number of aliphatic carboxylic acids is 1. The summed E-state index contributed by atoms with van der Waals surface area (Å²) in [4.78, 5) is 22.0. The molecule has 6 heteroatoms. The van der Waals surface area contributed by atoms with Crippen LogP contribution in [0.3, 0.4) is 0 Å². The number of hydrogen-bond donors (Lipinski definition) is 3. The molecule has 0 aromatic carbocycles. The van der Waals surface area contributed by atoms with Crippen molar-refractivity contribution in [3.05, 3.63) is 0 Å². The second kappa shape index (κ2) is 9.89. The SMILES string of the molecule is CCCC(CC(=O)O)NC(=O)NCCOCC. The van der Waals surface area contributed by atoms with Gasteiger partial charge in [-0.25, -0.2) is 4.79 Å². The lowest BCUT2D eigenvalue weighted by Gasteiger charge is -2.16. The molecule has 1 atom stereocenters. The predicted octanol–water partition coefficient (Wildman–Crippen LogP) is 0.965. The zero-order valence-corrected chi connectivity index (χ0v) is 10.5. The number of hydrogen-bond acceptors (Lipinski definition) is 3. The molecular formula is C11H22N2O4. The third-order valence-corrected chi connectivity index (χ3v) is 2.13. The van der Waals surface area contributed by atoms with Crippen LogP contribution in [0.5, 0.6) is 0 Å². The molecule has 0 spiro atoms. The van der Waals surface area contributed by atoms with Crippen LogP contribution in [0.4, 0.5) is 4.79 Å². The number of rotatable bonds is 9. The summed E-state index contributed by atoms with van der Waals surface area (Å²) in [5.74, 6) is -0.905. The Morgan fingerprint density at radius 1 is 1.35 bits per heavy atom. The molecule has 0 fully saturated rings. The van der Waals surface area contributed by atoms with Gasteiger partial charge in [0.25, 0.3) is 0 Å². The molecular weight excluding hydrogens is 224 g/mol. The van der Waals surface area contributed by atoms with Crippen LogP contribution in [0.25, 0.3) is 0 Å². The minimum Gasteiger partial charge on any atom is -0.481 e.